The van der Waals surface area contributed by atoms with Crippen molar-refractivity contribution in [1.29, 1.82) is 5.26 Å². The van der Waals surface area contributed by atoms with Crippen molar-refractivity contribution in [2.24, 2.45) is 5.92 Å². The molecular formula is C13H14BrNO. The third kappa shape index (κ3) is 2.22. The lowest BCUT2D eigenvalue weighted by Crippen LogP contribution is -2.32. The Labute approximate surface area is 104 Å². The normalized spacial score (nSPS) is 23.4. The number of nitrogens with zero attached hydrogens (tertiary/aromatic N) is 1. The van der Waals surface area contributed by atoms with Crippen molar-refractivity contribution in [3.05, 3.63) is 27.7 Å². The molecule has 0 amide bonds. The fraction of sp³-hybridized carbons (Fsp3) is 0.462. The van der Waals surface area contributed by atoms with Crippen LogP contribution in [0.25, 0.3) is 0 Å². The van der Waals surface area contributed by atoms with Crippen molar-refractivity contribution in [3.63, 3.8) is 0 Å². The first-order valence-corrected chi connectivity index (χ1v) is 6.22. The van der Waals surface area contributed by atoms with Crippen LogP contribution < -0.4 is 4.74 Å². The maximum atomic E-state index is 8.68. The van der Waals surface area contributed by atoms with Gasteiger partial charge < -0.3 is 4.74 Å². The van der Waals surface area contributed by atoms with Gasteiger partial charge in [0.05, 0.1) is 12.0 Å². The Balaban J connectivity index is 2.04. The molecule has 0 N–H and O–H groups in total. The lowest BCUT2D eigenvalue weighted by Gasteiger charge is -2.31. The van der Waals surface area contributed by atoms with Crippen LogP contribution in [-0.4, -0.2) is 6.10 Å². The zero-order chi connectivity index (χ0) is 11.7. The molecule has 1 saturated carbocycles. The van der Waals surface area contributed by atoms with Crippen LogP contribution in [0.15, 0.2) is 16.6 Å². The summed E-state index contributed by atoms with van der Waals surface area (Å²) in [6.07, 6.45) is 1.96. The lowest BCUT2D eigenvalue weighted by molar-refractivity contribution is 0.0892. The summed E-state index contributed by atoms with van der Waals surface area (Å²) >= 11 is 3.53. The van der Waals surface area contributed by atoms with Crippen molar-refractivity contribution < 1.29 is 4.74 Å². The molecule has 0 bridgehead atoms. The monoisotopic (exact) mass is 279 g/mol. The first-order valence-electron chi connectivity index (χ1n) is 5.43. The average molecular weight is 280 g/mol. The number of benzene rings is 1. The van der Waals surface area contributed by atoms with E-state index in [0.717, 1.165) is 23.1 Å². The van der Waals surface area contributed by atoms with Crippen molar-refractivity contribution in [3.8, 4) is 11.8 Å². The minimum atomic E-state index is 0.197. The number of hydrogen-bond acceptors (Lipinski definition) is 2. The summed E-state index contributed by atoms with van der Waals surface area (Å²) in [5.74, 6) is 1.11. The number of nitriles is 1. The summed E-state index contributed by atoms with van der Waals surface area (Å²) < 4.78 is 6.97. The van der Waals surface area contributed by atoms with Crippen LogP contribution in [0.3, 0.4) is 0 Å². The van der Waals surface area contributed by atoms with Gasteiger partial charge in [0.1, 0.15) is 11.9 Å². The van der Waals surface area contributed by atoms with Crippen LogP contribution in [0, 0.1) is 31.1 Å². The van der Waals surface area contributed by atoms with Crippen molar-refractivity contribution in [1.82, 2.24) is 0 Å². The van der Waals surface area contributed by atoms with Gasteiger partial charge in [-0.15, -0.1) is 0 Å². The Hall–Kier alpha value is -1.01. The van der Waals surface area contributed by atoms with Gasteiger partial charge in [0, 0.05) is 17.3 Å². The second kappa shape index (κ2) is 4.47. The highest BCUT2D eigenvalue weighted by Gasteiger charge is 2.30. The molecule has 0 saturated heterocycles. The van der Waals surface area contributed by atoms with Crippen LogP contribution in [0.5, 0.6) is 5.75 Å². The van der Waals surface area contributed by atoms with Crippen LogP contribution in [-0.2, 0) is 0 Å². The van der Waals surface area contributed by atoms with Crippen molar-refractivity contribution in [2.75, 3.05) is 0 Å². The molecule has 1 aromatic carbocycles. The molecule has 1 aromatic rings. The highest BCUT2D eigenvalue weighted by atomic mass is 79.9. The minimum absolute atomic E-state index is 0.197. The Bertz CT molecular complexity index is 421. The fourth-order valence-corrected chi connectivity index (χ4v) is 2.16. The second-order valence-corrected chi connectivity index (χ2v) is 5.20. The standard InChI is InChI=1S/C13H14BrNO/c1-8-3-11(4-9(2)13(8)14)16-12-5-10(6-12)7-15/h3-4,10,12H,5-6H2,1-2H3. The van der Waals surface area contributed by atoms with Crippen LogP contribution >= 0.6 is 15.9 Å². The lowest BCUT2D eigenvalue weighted by atomic mass is 9.83. The van der Waals surface area contributed by atoms with E-state index in [-0.39, 0.29) is 12.0 Å². The van der Waals surface area contributed by atoms with Gasteiger partial charge in [-0.1, -0.05) is 15.9 Å². The Morgan fingerprint density at radius 1 is 1.31 bits per heavy atom. The quantitative estimate of drug-likeness (QED) is 0.826. The van der Waals surface area contributed by atoms with Crippen LogP contribution in [0.1, 0.15) is 24.0 Å². The molecule has 0 unspecified atom stereocenters. The molecular weight excluding hydrogens is 266 g/mol. The van der Waals surface area contributed by atoms with E-state index in [2.05, 4.69) is 35.8 Å². The number of aryl methyl sites for hydroxylation is 2. The highest BCUT2D eigenvalue weighted by molar-refractivity contribution is 9.10. The van der Waals surface area contributed by atoms with Crippen LogP contribution in [0.2, 0.25) is 0 Å². The van der Waals surface area contributed by atoms with E-state index in [1.165, 1.54) is 11.1 Å². The van der Waals surface area contributed by atoms with E-state index in [0.29, 0.717) is 0 Å². The maximum absolute atomic E-state index is 8.68. The van der Waals surface area contributed by atoms with Gasteiger partial charge in [-0.05, 0) is 37.1 Å². The van der Waals surface area contributed by atoms with Gasteiger partial charge in [-0.25, -0.2) is 0 Å². The second-order valence-electron chi connectivity index (χ2n) is 4.41. The SMILES string of the molecule is Cc1cc(OC2CC(C#N)C2)cc(C)c1Br. The van der Waals surface area contributed by atoms with Gasteiger partial charge in [-0.2, -0.15) is 5.26 Å². The molecule has 1 aliphatic carbocycles. The molecule has 1 fully saturated rings. The summed E-state index contributed by atoms with van der Waals surface area (Å²) in [5, 5.41) is 8.68. The van der Waals surface area contributed by atoms with E-state index in [1.807, 2.05) is 12.1 Å². The first kappa shape index (κ1) is 11.5. The van der Waals surface area contributed by atoms with Gasteiger partial charge in [0.25, 0.3) is 0 Å². The number of halogens is 1. The summed E-state index contributed by atoms with van der Waals surface area (Å²) in [6, 6.07) is 6.34. The summed E-state index contributed by atoms with van der Waals surface area (Å²) in [4.78, 5) is 0. The summed E-state index contributed by atoms with van der Waals surface area (Å²) in [6.45, 7) is 4.12. The van der Waals surface area contributed by atoms with E-state index in [9.17, 15) is 0 Å². The smallest absolute Gasteiger partial charge is 0.120 e. The fourth-order valence-electron chi connectivity index (χ4n) is 1.93. The largest absolute Gasteiger partial charge is 0.490 e. The molecule has 0 radical (unpaired) electrons. The Morgan fingerprint density at radius 3 is 2.38 bits per heavy atom. The molecule has 0 spiro atoms. The Kier molecular flexibility index (Phi) is 3.20. The molecule has 0 heterocycles. The van der Waals surface area contributed by atoms with Gasteiger partial charge in [0.15, 0.2) is 0 Å². The molecule has 84 valence electrons. The molecule has 3 heteroatoms. The van der Waals surface area contributed by atoms with Crippen molar-refractivity contribution >= 4 is 15.9 Å². The van der Waals surface area contributed by atoms with E-state index < -0.39 is 0 Å². The van der Waals surface area contributed by atoms with Gasteiger partial charge >= 0.3 is 0 Å². The highest BCUT2D eigenvalue weighted by Crippen LogP contribution is 2.33. The predicted molar refractivity (Wildman–Crippen MR) is 66.4 cm³/mol. The van der Waals surface area contributed by atoms with Gasteiger partial charge in [0.2, 0.25) is 0 Å². The third-order valence-electron chi connectivity index (χ3n) is 2.99. The zero-order valence-electron chi connectivity index (χ0n) is 9.46. The molecule has 0 atom stereocenters. The molecule has 16 heavy (non-hydrogen) atoms. The average Bonchev–Trinajstić information content (AvgIpc) is 2.19. The number of rotatable bonds is 2. The van der Waals surface area contributed by atoms with Crippen LogP contribution in [0.4, 0.5) is 0 Å². The third-order valence-corrected chi connectivity index (χ3v) is 4.24. The van der Waals surface area contributed by atoms with E-state index in [1.54, 1.807) is 0 Å². The number of ether oxygens (including phenoxy) is 1. The Morgan fingerprint density at radius 2 is 1.88 bits per heavy atom. The molecule has 0 aromatic heterocycles. The summed E-state index contributed by atoms with van der Waals surface area (Å²) in [7, 11) is 0. The molecule has 2 rings (SSSR count). The topological polar surface area (TPSA) is 33.0 Å². The zero-order valence-corrected chi connectivity index (χ0v) is 11.0. The van der Waals surface area contributed by atoms with E-state index in [4.69, 9.17) is 10.00 Å². The van der Waals surface area contributed by atoms with E-state index >= 15 is 0 Å². The van der Waals surface area contributed by atoms with Gasteiger partial charge in [-0.3, -0.25) is 0 Å². The maximum Gasteiger partial charge on any atom is 0.120 e. The van der Waals surface area contributed by atoms with Crippen molar-refractivity contribution in [2.45, 2.75) is 32.8 Å². The first-order chi connectivity index (χ1) is 7.60. The summed E-state index contributed by atoms with van der Waals surface area (Å²) in [5.41, 5.74) is 2.37. The molecule has 2 nitrogen and oxygen atoms in total. The molecule has 0 aliphatic heterocycles. The molecule has 1 aliphatic rings. The minimum Gasteiger partial charge on any atom is -0.490 e. The number of hydrogen-bond donors (Lipinski definition) is 0. The predicted octanol–water partition coefficient (Wildman–Crippen LogP) is 3.75.